The highest BCUT2D eigenvalue weighted by Gasteiger charge is 2.36. The first kappa shape index (κ1) is 11.5. The van der Waals surface area contributed by atoms with E-state index < -0.39 is 11.2 Å². The number of thiocarbonyl (C=S) groups is 1. The van der Waals surface area contributed by atoms with Gasteiger partial charge in [0, 0.05) is 4.47 Å². The third-order valence-electron chi connectivity index (χ3n) is 1.24. The van der Waals surface area contributed by atoms with E-state index in [1.165, 1.54) is 12.1 Å². The Kier molecular flexibility index (Phi) is 3.49. The summed E-state index contributed by atoms with van der Waals surface area (Å²) < 4.78 is 40.9. The number of rotatable bonds is 1. The van der Waals surface area contributed by atoms with Crippen molar-refractivity contribution in [3.63, 3.8) is 0 Å². The maximum atomic E-state index is 12.0. The zero-order valence-electron chi connectivity index (χ0n) is 6.64. The van der Waals surface area contributed by atoms with Crippen molar-refractivity contribution in [2.45, 2.75) is 6.18 Å². The Balaban J connectivity index is 2.75. The molecule has 0 saturated carbocycles. The van der Waals surface area contributed by atoms with E-state index in [2.05, 4.69) is 32.9 Å². The molecule has 0 aromatic heterocycles. The molecule has 76 valence electrons. The second-order valence-electron chi connectivity index (χ2n) is 2.34. The monoisotopic (exact) mass is 284 g/mol. The van der Waals surface area contributed by atoms with Crippen molar-refractivity contribution < 1.29 is 17.9 Å². The van der Waals surface area contributed by atoms with Crippen LogP contribution in [0, 0.1) is 0 Å². The van der Waals surface area contributed by atoms with E-state index in [-0.39, 0.29) is 5.75 Å². The number of hydrogen-bond acceptors (Lipinski definition) is 2. The maximum Gasteiger partial charge on any atom is 0.460 e. The molecule has 1 nitrogen and oxygen atoms in total. The predicted octanol–water partition coefficient (Wildman–Crippen LogP) is 3.72. The lowest BCUT2D eigenvalue weighted by Gasteiger charge is -2.09. The molecule has 1 rings (SSSR count). The largest absolute Gasteiger partial charge is 0.460 e. The standard InChI is InChI=1S/C8H4BrF3OS/c9-5-2-1-3-6(4-5)13-7(14)8(10,11)12/h1-4H. The van der Waals surface area contributed by atoms with Gasteiger partial charge >= 0.3 is 6.18 Å². The van der Waals surface area contributed by atoms with Crippen molar-refractivity contribution in [1.29, 1.82) is 0 Å². The quantitative estimate of drug-likeness (QED) is 0.727. The summed E-state index contributed by atoms with van der Waals surface area (Å²) in [5.41, 5.74) is 0. The van der Waals surface area contributed by atoms with Crippen LogP contribution in [-0.4, -0.2) is 11.2 Å². The van der Waals surface area contributed by atoms with Gasteiger partial charge in [-0.05, 0) is 30.4 Å². The summed E-state index contributed by atoms with van der Waals surface area (Å²) in [5.74, 6) is 0.0571. The Morgan fingerprint density at radius 3 is 2.50 bits per heavy atom. The van der Waals surface area contributed by atoms with Crippen LogP contribution < -0.4 is 4.74 Å². The molecule has 0 unspecified atom stereocenters. The maximum absolute atomic E-state index is 12.0. The summed E-state index contributed by atoms with van der Waals surface area (Å²) in [5, 5.41) is -1.39. The Morgan fingerprint density at radius 1 is 1.36 bits per heavy atom. The zero-order chi connectivity index (χ0) is 10.8. The van der Waals surface area contributed by atoms with Gasteiger partial charge in [-0.15, -0.1) is 0 Å². The van der Waals surface area contributed by atoms with Crippen LogP contribution in [0.2, 0.25) is 0 Å². The molecule has 0 N–H and O–H groups in total. The first-order valence-electron chi connectivity index (χ1n) is 3.44. The highest BCUT2D eigenvalue weighted by Crippen LogP contribution is 2.23. The summed E-state index contributed by atoms with van der Waals surface area (Å²) >= 11 is 7.15. The highest BCUT2D eigenvalue weighted by molar-refractivity contribution is 9.10. The van der Waals surface area contributed by atoms with Gasteiger partial charge in [0.1, 0.15) is 5.75 Å². The second kappa shape index (κ2) is 4.27. The van der Waals surface area contributed by atoms with E-state index in [1.54, 1.807) is 12.1 Å². The molecule has 0 spiro atoms. The average Bonchev–Trinajstić information content (AvgIpc) is 2.02. The van der Waals surface area contributed by atoms with Gasteiger partial charge in [0.05, 0.1) is 0 Å². The molecule has 0 heterocycles. The van der Waals surface area contributed by atoms with E-state index in [0.29, 0.717) is 4.47 Å². The van der Waals surface area contributed by atoms with E-state index in [9.17, 15) is 13.2 Å². The van der Waals surface area contributed by atoms with Crippen molar-refractivity contribution in [3.8, 4) is 5.75 Å². The van der Waals surface area contributed by atoms with Crippen LogP contribution in [0.5, 0.6) is 5.75 Å². The third kappa shape index (κ3) is 3.26. The van der Waals surface area contributed by atoms with Gasteiger partial charge in [-0.1, -0.05) is 22.0 Å². The summed E-state index contributed by atoms with van der Waals surface area (Å²) in [6.07, 6.45) is -4.60. The van der Waals surface area contributed by atoms with Gasteiger partial charge in [-0.3, -0.25) is 0 Å². The molecule has 0 saturated heterocycles. The van der Waals surface area contributed by atoms with Gasteiger partial charge < -0.3 is 4.74 Å². The summed E-state index contributed by atoms with van der Waals surface area (Å²) in [4.78, 5) is 0. The first-order valence-corrected chi connectivity index (χ1v) is 4.64. The lowest BCUT2D eigenvalue weighted by atomic mass is 10.3. The molecule has 0 radical (unpaired) electrons. The molecule has 0 fully saturated rings. The minimum atomic E-state index is -4.60. The van der Waals surface area contributed by atoms with E-state index in [4.69, 9.17) is 0 Å². The van der Waals surface area contributed by atoms with Crippen molar-refractivity contribution in [1.82, 2.24) is 0 Å². The number of ether oxygens (including phenoxy) is 1. The fourth-order valence-corrected chi connectivity index (χ4v) is 1.17. The highest BCUT2D eigenvalue weighted by atomic mass is 79.9. The third-order valence-corrected chi connectivity index (χ3v) is 2.05. The van der Waals surface area contributed by atoms with Crippen LogP contribution in [0.25, 0.3) is 0 Å². The van der Waals surface area contributed by atoms with Crippen LogP contribution in [0.15, 0.2) is 28.7 Å². The summed E-state index contributed by atoms with van der Waals surface area (Å²) in [6.45, 7) is 0. The van der Waals surface area contributed by atoms with Crippen molar-refractivity contribution in [3.05, 3.63) is 28.7 Å². The Morgan fingerprint density at radius 2 is 2.00 bits per heavy atom. The topological polar surface area (TPSA) is 9.23 Å². The second-order valence-corrected chi connectivity index (χ2v) is 3.63. The zero-order valence-corrected chi connectivity index (χ0v) is 9.04. The lowest BCUT2D eigenvalue weighted by Crippen LogP contribution is -2.25. The van der Waals surface area contributed by atoms with Crippen LogP contribution in [0.1, 0.15) is 0 Å². The minimum absolute atomic E-state index is 0.0571. The van der Waals surface area contributed by atoms with Crippen LogP contribution in [0.4, 0.5) is 13.2 Å². The molecule has 14 heavy (non-hydrogen) atoms. The van der Waals surface area contributed by atoms with Gasteiger partial charge in [0.15, 0.2) is 0 Å². The molecule has 0 atom stereocenters. The summed E-state index contributed by atoms with van der Waals surface area (Å²) in [7, 11) is 0. The molecule has 1 aromatic carbocycles. The van der Waals surface area contributed by atoms with E-state index >= 15 is 0 Å². The molecule has 0 aliphatic rings. The summed E-state index contributed by atoms with van der Waals surface area (Å²) in [6, 6.07) is 6.02. The average molecular weight is 285 g/mol. The van der Waals surface area contributed by atoms with Gasteiger partial charge in [-0.2, -0.15) is 13.2 Å². The van der Waals surface area contributed by atoms with Crippen LogP contribution >= 0.6 is 28.1 Å². The van der Waals surface area contributed by atoms with E-state index in [1.807, 2.05) is 0 Å². The van der Waals surface area contributed by atoms with Crippen molar-refractivity contribution in [2.75, 3.05) is 0 Å². The van der Waals surface area contributed by atoms with Crippen LogP contribution in [-0.2, 0) is 0 Å². The molecular formula is C8H4BrF3OS. The number of alkyl halides is 3. The Labute approximate surface area is 92.0 Å². The number of benzene rings is 1. The lowest BCUT2D eigenvalue weighted by molar-refractivity contribution is -0.0676. The Hall–Kier alpha value is -0.620. The smallest absolute Gasteiger partial charge is 0.441 e. The van der Waals surface area contributed by atoms with Gasteiger partial charge in [0.2, 0.25) is 0 Å². The molecule has 0 amide bonds. The molecule has 6 heteroatoms. The first-order chi connectivity index (χ1) is 6.39. The number of halogens is 4. The van der Waals surface area contributed by atoms with E-state index in [0.717, 1.165) is 0 Å². The van der Waals surface area contributed by atoms with Crippen LogP contribution in [0.3, 0.4) is 0 Å². The number of hydrogen-bond donors (Lipinski definition) is 0. The molecular weight excluding hydrogens is 281 g/mol. The van der Waals surface area contributed by atoms with Crippen molar-refractivity contribution in [2.24, 2.45) is 0 Å². The fraction of sp³-hybridized carbons (Fsp3) is 0.125. The molecule has 1 aromatic rings. The molecule has 0 aliphatic carbocycles. The van der Waals surface area contributed by atoms with Gasteiger partial charge in [0.25, 0.3) is 5.05 Å². The predicted molar refractivity (Wildman–Crippen MR) is 53.4 cm³/mol. The molecule has 0 bridgehead atoms. The minimum Gasteiger partial charge on any atom is -0.441 e. The van der Waals surface area contributed by atoms with Gasteiger partial charge in [-0.25, -0.2) is 0 Å². The molecule has 0 aliphatic heterocycles. The van der Waals surface area contributed by atoms with Crippen molar-refractivity contribution >= 4 is 33.2 Å². The Bertz CT molecular complexity index is 351. The normalized spacial score (nSPS) is 11.1. The SMILES string of the molecule is FC(F)(F)C(=S)Oc1cccc(Br)c1. The fourth-order valence-electron chi connectivity index (χ4n) is 0.695.